The second-order valence-corrected chi connectivity index (χ2v) is 5.33. The molecule has 1 aromatic rings. The molecular weight excluding hydrogens is 378 g/mol. The zero-order valence-corrected chi connectivity index (χ0v) is 10.1. The van der Waals surface area contributed by atoms with Crippen molar-refractivity contribution in [3.63, 3.8) is 0 Å². The van der Waals surface area contributed by atoms with Crippen molar-refractivity contribution in [2.75, 3.05) is 0 Å². The molecule has 0 atom stereocenters. The van der Waals surface area contributed by atoms with E-state index in [2.05, 4.69) is 0 Å². The number of rotatable bonds is 0. The van der Waals surface area contributed by atoms with Crippen LogP contribution in [0.1, 0.15) is 5.56 Å². The summed E-state index contributed by atoms with van der Waals surface area (Å²) >= 11 is -0.472. The first-order valence-electron chi connectivity index (χ1n) is 2.98. The molecule has 0 aliphatic carbocycles. The van der Waals surface area contributed by atoms with Gasteiger partial charge in [-0.25, -0.2) is 0 Å². The van der Waals surface area contributed by atoms with Gasteiger partial charge >= 0.3 is 35.3 Å². The first kappa shape index (κ1) is 12.1. The minimum atomic E-state index is -0.472. The molecule has 0 fully saturated rings. The zero-order chi connectivity index (χ0) is 9.56. The summed E-state index contributed by atoms with van der Waals surface area (Å²) in [5.74, 6) is 0. The van der Waals surface area contributed by atoms with E-state index >= 15 is 0 Å². The fourth-order valence-electron chi connectivity index (χ4n) is 0.668. The van der Waals surface area contributed by atoms with Gasteiger partial charge in [0.2, 0.25) is 0 Å². The summed E-state index contributed by atoms with van der Waals surface area (Å²) in [6.45, 7) is 1.83. The minimum absolute atomic E-state index is 0.301. The molecule has 0 saturated heterocycles. The van der Waals surface area contributed by atoms with Crippen LogP contribution in [-0.4, -0.2) is 0 Å². The number of hydrogen-bond donors (Lipinski definition) is 0. The second kappa shape index (κ2) is 6.59. The maximum absolute atomic E-state index is 7.26. The summed E-state index contributed by atoms with van der Waals surface area (Å²) < 4.78 is 0. The molecule has 0 aliphatic rings. The summed E-state index contributed by atoms with van der Waals surface area (Å²) in [5, 5.41) is 0. The van der Waals surface area contributed by atoms with Crippen molar-refractivity contribution in [2.24, 2.45) is 0 Å². The molecule has 0 amide bonds. The summed E-state index contributed by atoms with van der Waals surface area (Å²) in [4.78, 5) is 0. The van der Waals surface area contributed by atoms with Crippen molar-refractivity contribution in [1.29, 1.82) is 0 Å². The number of hydrogen-bond acceptors (Lipinski definition) is 0. The van der Waals surface area contributed by atoms with Crippen molar-refractivity contribution >= 4 is 30.2 Å². The average molecular weight is 386 g/mol. The summed E-state index contributed by atoms with van der Waals surface area (Å²) in [5.41, 5.74) is 15.9. The Balaban J connectivity index is 0.000000354. The third kappa shape index (κ3) is 4.20. The monoisotopic (exact) mass is 385 g/mol. The third-order valence-corrected chi connectivity index (χ3v) is 1.27. The Kier molecular flexibility index (Phi) is 6.64. The first-order valence-corrected chi connectivity index (χ1v) is 8.61. The van der Waals surface area contributed by atoms with Gasteiger partial charge in [-0.15, -0.1) is 0 Å². The number of aryl methyl sites for hydroxylation is 1. The van der Waals surface area contributed by atoms with Crippen LogP contribution in [0.4, 0.5) is 11.4 Å². The molecule has 0 spiro atoms. The second-order valence-electron chi connectivity index (χ2n) is 2.04. The molecule has 0 aliphatic heterocycles. The molecule has 0 unspecified atom stereocenters. The average Bonchev–Trinajstić information content (AvgIpc) is 2.02. The Hall–Kier alpha value is 0.0883. The van der Waals surface area contributed by atoms with Gasteiger partial charge in [0.15, 0.2) is 0 Å². The van der Waals surface area contributed by atoms with E-state index in [-0.39, 0.29) is 0 Å². The van der Waals surface area contributed by atoms with Crippen molar-refractivity contribution in [1.82, 2.24) is 0 Å². The van der Waals surface area contributed by atoms with Crippen LogP contribution < -0.4 is 0 Å². The van der Waals surface area contributed by atoms with Crippen LogP contribution in [0.5, 0.6) is 0 Å². The van der Waals surface area contributed by atoms with E-state index in [1.54, 1.807) is 12.1 Å². The Morgan fingerprint density at radius 3 is 2.08 bits per heavy atom. The Morgan fingerprint density at radius 2 is 1.75 bits per heavy atom. The molecule has 2 nitrogen and oxygen atoms in total. The van der Waals surface area contributed by atoms with E-state index in [1.807, 2.05) is 13.0 Å². The van der Waals surface area contributed by atoms with Crippen molar-refractivity contribution < 1.29 is 16.5 Å². The third-order valence-electron chi connectivity index (χ3n) is 1.27. The number of nitrogens with one attached hydrogen (secondary N) is 2. The van der Waals surface area contributed by atoms with Gasteiger partial charge in [-0.05, 0) is 6.92 Å². The molecule has 2 N–H and O–H groups in total. The van der Waals surface area contributed by atoms with Gasteiger partial charge in [0, 0.05) is 0 Å². The van der Waals surface area contributed by atoms with E-state index in [0.29, 0.717) is 11.4 Å². The summed E-state index contributed by atoms with van der Waals surface area (Å²) in [6, 6.07) is 5.24. The van der Waals surface area contributed by atoms with Crippen LogP contribution >= 0.6 is 18.8 Å². The normalized spacial score (nSPS) is 8.92. The van der Waals surface area contributed by atoms with E-state index in [4.69, 9.17) is 30.3 Å². The van der Waals surface area contributed by atoms with Crippen LogP contribution in [-0.2, 0) is 16.5 Å². The number of halogens is 2. The van der Waals surface area contributed by atoms with E-state index in [1.165, 1.54) is 0 Å². The predicted molar refractivity (Wildman–Crippen MR) is 50.8 cm³/mol. The molecular formula is C7H8Cl2N2Pt. The summed E-state index contributed by atoms with van der Waals surface area (Å²) in [6.07, 6.45) is 0. The quantitative estimate of drug-likeness (QED) is 0.619. The van der Waals surface area contributed by atoms with Crippen LogP contribution in [0, 0.1) is 6.92 Å². The van der Waals surface area contributed by atoms with Gasteiger partial charge < -0.3 is 11.5 Å². The topological polar surface area (TPSA) is 47.6 Å². The van der Waals surface area contributed by atoms with Crippen LogP contribution in [0.25, 0.3) is 11.5 Å². The standard InChI is InChI=1S/C7H8N2.2ClH.Pt/c1-5-3-2-4-6(8)7(5)9;;;/h2-4,8-9H,1H3;2*1H;/q-2;;;+4/p-2. The molecule has 5 heteroatoms. The molecule has 0 bridgehead atoms. The van der Waals surface area contributed by atoms with Gasteiger partial charge in [-0.1, -0.05) is 23.8 Å². The van der Waals surface area contributed by atoms with Crippen LogP contribution in [0.15, 0.2) is 18.2 Å². The number of benzene rings is 1. The van der Waals surface area contributed by atoms with Gasteiger partial charge in [0.25, 0.3) is 0 Å². The fraction of sp³-hybridized carbons (Fsp3) is 0.143. The molecule has 1 aromatic carbocycles. The Bertz CT molecular complexity index is 223. The fourth-order valence-corrected chi connectivity index (χ4v) is 0.668. The molecule has 0 aromatic heterocycles. The van der Waals surface area contributed by atoms with Crippen LogP contribution in [0.3, 0.4) is 0 Å². The van der Waals surface area contributed by atoms with Crippen molar-refractivity contribution in [3.8, 4) is 0 Å². The maximum atomic E-state index is 7.26. The Morgan fingerprint density at radius 1 is 1.25 bits per heavy atom. The van der Waals surface area contributed by atoms with Crippen molar-refractivity contribution in [2.45, 2.75) is 6.92 Å². The van der Waals surface area contributed by atoms with Crippen LogP contribution in [0.2, 0.25) is 0 Å². The molecule has 70 valence electrons. The van der Waals surface area contributed by atoms with Gasteiger partial charge in [0.1, 0.15) is 0 Å². The molecule has 0 heterocycles. The first-order chi connectivity index (χ1) is 5.63. The predicted octanol–water partition coefficient (Wildman–Crippen LogP) is 4.74. The van der Waals surface area contributed by atoms with E-state index in [9.17, 15) is 0 Å². The molecule has 0 saturated carbocycles. The Labute approximate surface area is 88.6 Å². The zero-order valence-electron chi connectivity index (χ0n) is 6.30. The van der Waals surface area contributed by atoms with Crippen molar-refractivity contribution in [3.05, 3.63) is 35.2 Å². The molecule has 0 radical (unpaired) electrons. The SMILES string of the molecule is Cc1cccc([NH-])c1[NH-].[Cl][Pt+2][Cl]. The van der Waals surface area contributed by atoms with E-state index < -0.39 is 16.5 Å². The molecule has 1 rings (SSSR count). The van der Waals surface area contributed by atoms with Gasteiger partial charge in [0.05, 0.1) is 0 Å². The van der Waals surface area contributed by atoms with E-state index in [0.717, 1.165) is 5.56 Å². The van der Waals surface area contributed by atoms with Gasteiger partial charge in [-0.2, -0.15) is 11.4 Å². The summed E-state index contributed by atoms with van der Waals surface area (Å²) in [7, 11) is 9.75. The van der Waals surface area contributed by atoms with Gasteiger partial charge in [-0.3, -0.25) is 0 Å². The molecule has 12 heavy (non-hydrogen) atoms.